The lowest BCUT2D eigenvalue weighted by Crippen LogP contribution is -1.89. The topological polar surface area (TPSA) is 9.23 Å². The molecule has 0 aromatic heterocycles. The molecular formula is C15H10F2O. The van der Waals surface area contributed by atoms with Gasteiger partial charge in [-0.2, -0.15) is 0 Å². The molecule has 0 saturated heterocycles. The third-order valence-electron chi connectivity index (χ3n) is 2.27. The van der Waals surface area contributed by atoms with Gasteiger partial charge in [-0.15, -0.1) is 5.73 Å². The van der Waals surface area contributed by atoms with Crippen molar-refractivity contribution in [1.29, 1.82) is 0 Å². The monoisotopic (exact) mass is 244 g/mol. The molecule has 2 aromatic rings. The summed E-state index contributed by atoms with van der Waals surface area (Å²) in [6.07, 6.45) is 1.61. The third kappa shape index (κ3) is 2.84. The normalized spacial score (nSPS) is 9.67. The average Bonchev–Trinajstić information content (AvgIpc) is 2.36. The average molecular weight is 244 g/mol. The van der Waals surface area contributed by atoms with Gasteiger partial charge in [0.05, 0.1) is 0 Å². The molecule has 0 saturated carbocycles. The van der Waals surface area contributed by atoms with Crippen LogP contribution in [0.1, 0.15) is 5.56 Å². The number of ether oxygens (including phenoxy) is 1. The molecule has 2 rings (SSSR count). The fourth-order valence-corrected chi connectivity index (χ4v) is 1.44. The van der Waals surface area contributed by atoms with Crippen molar-refractivity contribution in [2.75, 3.05) is 0 Å². The third-order valence-corrected chi connectivity index (χ3v) is 2.27. The van der Waals surface area contributed by atoms with Gasteiger partial charge in [-0.05, 0) is 48.0 Å². The van der Waals surface area contributed by atoms with Gasteiger partial charge in [0.25, 0.3) is 0 Å². The number of benzene rings is 2. The lowest BCUT2D eigenvalue weighted by Gasteiger charge is -2.07. The largest absolute Gasteiger partial charge is 0.454 e. The van der Waals surface area contributed by atoms with Crippen LogP contribution in [0, 0.1) is 11.6 Å². The van der Waals surface area contributed by atoms with Crippen molar-refractivity contribution in [3.8, 4) is 11.5 Å². The fourth-order valence-electron chi connectivity index (χ4n) is 1.44. The van der Waals surface area contributed by atoms with Crippen LogP contribution < -0.4 is 4.74 Å². The van der Waals surface area contributed by atoms with E-state index >= 15 is 0 Å². The Kier molecular flexibility index (Phi) is 3.56. The lowest BCUT2D eigenvalue weighted by atomic mass is 10.2. The number of hydrogen-bond donors (Lipinski definition) is 0. The van der Waals surface area contributed by atoms with Crippen molar-refractivity contribution < 1.29 is 13.5 Å². The minimum absolute atomic E-state index is 0.0746. The highest BCUT2D eigenvalue weighted by atomic mass is 19.1. The summed E-state index contributed by atoms with van der Waals surface area (Å²) >= 11 is 0. The Labute approximate surface area is 104 Å². The van der Waals surface area contributed by atoms with E-state index in [2.05, 4.69) is 12.3 Å². The highest BCUT2D eigenvalue weighted by molar-refractivity contribution is 5.51. The summed E-state index contributed by atoms with van der Waals surface area (Å²) in [7, 11) is 0. The van der Waals surface area contributed by atoms with E-state index in [1.165, 1.54) is 36.4 Å². The Morgan fingerprint density at radius 1 is 1.06 bits per heavy atom. The van der Waals surface area contributed by atoms with Crippen LogP contribution in [0.5, 0.6) is 11.5 Å². The molecule has 0 spiro atoms. The summed E-state index contributed by atoms with van der Waals surface area (Å²) in [5, 5.41) is 0. The maximum absolute atomic E-state index is 13.5. The molecule has 0 N–H and O–H groups in total. The first-order valence-corrected chi connectivity index (χ1v) is 5.28. The van der Waals surface area contributed by atoms with Gasteiger partial charge in [-0.1, -0.05) is 12.6 Å². The molecule has 2 aromatic carbocycles. The summed E-state index contributed by atoms with van der Waals surface area (Å²) in [5.41, 5.74) is 3.32. The molecule has 18 heavy (non-hydrogen) atoms. The summed E-state index contributed by atoms with van der Waals surface area (Å²) in [6, 6.07) is 9.78. The van der Waals surface area contributed by atoms with Crippen LogP contribution in [-0.4, -0.2) is 0 Å². The van der Waals surface area contributed by atoms with Crippen molar-refractivity contribution in [3.63, 3.8) is 0 Å². The predicted octanol–water partition coefficient (Wildman–Crippen LogP) is 4.56. The maximum atomic E-state index is 13.5. The Morgan fingerprint density at radius 2 is 1.78 bits per heavy atom. The van der Waals surface area contributed by atoms with E-state index in [9.17, 15) is 8.78 Å². The van der Waals surface area contributed by atoms with Crippen molar-refractivity contribution in [3.05, 3.63) is 72.0 Å². The van der Waals surface area contributed by atoms with Crippen molar-refractivity contribution in [1.82, 2.24) is 0 Å². The Hall–Kier alpha value is -2.38. The van der Waals surface area contributed by atoms with E-state index in [1.54, 1.807) is 12.1 Å². The molecule has 0 aliphatic heterocycles. The van der Waals surface area contributed by atoms with Crippen LogP contribution in [0.3, 0.4) is 0 Å². The van der Waals surface area contributed by atoms with E-state index in [4.69, 9.17) is 4.74 Å². The first-order chi connectivity index (χ1) is 8.69. The molecule has 0 radical (unpaired) electrons. The van der Waals surface area contributed by atoms with Crippen molar-refractivity contribution in [2.45, 2.75) is 0 Å². The molecule has 0 atom stereocenters. The fraction of sp³-hybridized carbons (Fsp3) is 0. The van der Waals surface area contributed by atoms with E-state index in [-0.39, 0.29) is 11.6 Å². The smallest absolute Gasteiger partial charge is 0.165 e. The van der Waals surface area contributed by atoms with Gasteiger partial charge in [0.2, 0.25) is 0 Å². The van der Waals surface area contributed by atoms with Gasteiger partial charge in [0.1, 0.15) is 11.6 Å². The number of rotatable bonds is 3. The second-order valence-corrected chi connectivity index (χ2v) is 3.59. The standard InChI is InChI=1S/C15H10F2O/c1-2-3-11-4-9-14(17)15(10-11)18-13-7-5-12(16)6-8-13/h3-10H,1H2. The first kappa shape index (κ1) is 12.1. The molecule has 0 aliphatic rings. The molecule has 3 heteroatoms. The van der Waals surface area contributed by atoms with Crippen LogP contribution in [0.2, 0.25) is 0 Å². The van der Waals surface area contributed by atoms with Gasteiger partial charge in [-0.25, -0.2) is 8.78 Å². The Balaban J connectivity index is 2.30. The number of halogens is 2. The molecule has 0 aliphatic carbocycles. The van der Waals surface area contributed by atoms with E-state index in [0.717, 1.165) is 5.56 Å². The minimum atomic E-state index is -0.486. The van der Waals surface area contributed by atoms with Gasteiger partial charge in [0.15, 0.2) is 11.6 Å². The van der Waals surface area contributed by atoms with Crippen LogP contribution in [0.15, 0.2) is 54.8 Å². The van der Waals surface area contributed by atoms with Crippen LogP contribution in [-0.2, 0) is 0 Å². The number of hydrogen-bond acceptors (Lipinski definition) is 1. The zero-order valence-corrected chi connectivity index (χ0v) is 9.49. The van der Waals surface area contributed by atoms with E-state index in [1.807, 2.05) is 0 Å². The second kappa shape index (κ2) is 5.30. The highest BCUT2D eigenvalue weighted by Gasteiger charge is 2.05. The van der Waals surface area contributed by atoms with Gasteiger partial charge >= 0.3 is 0 Å². The Bertz CT molecular complexity index is 596. The Morgan fingerprint density at radius 3 is 2.44 bits per heavy atom. The molecular weight excluding hydrogens is 234 g/mol. The molecule has 0 heterocycles. The van der Waals surface area contributed by atoms with E-state index in [0.29, 0.717) is 5.75 Å². The second-order valence-electron chi connectivity index (χ2n) is 3.59. The maximum Gasteiger partial charge on any atom is 0.165 e. The zero-order chi connectivity index (χ0) is 13.0. The van der Waals surface area contributed by atoms with Crippen molar-refractivity contribution >= 4 is 6.08 Å². The van der Waals surface area contributed by atoms with Gasteiger partial charge in [-0.3, -0.25) is 0 Å². The molecule has 0 bridgehead atoms. The molecule has 90 valence electrons. The lowest BCUT2D eigenvalue weighted by molar-refractivity contribution is 0.441. The van der Waals surface area contributed by atoms with Crippen LogP contribution in [0.25, 0.3) is 6.08 Å². The molecule has 1 nitrogen and oxygen atoms in total. The first-order valence-electron chi connectivity index (χ1n) is 5.28. The minimum Gasteiger partial charge on any atom is -0.454 e. The predicted molar refractivity (Wildman–Crippen MR) is 66.5 cm³/mol. The van der Waals surface area contributed by atoms with E-state index < -0.39 is 5.82 Å². The molecule has 0 fully saturated rings. The summed E-state index contributed by atoms with van der Waals surface area (Å²) < 4.78 is 31.6. The SMILES string of the molecule is C=C=Cc1ccc(F)c(Oc2ccc(F)cc2)c1. The van der Waals surface area contributed by atoms with Crippen molar-refractivity contribution in [2.24, 2.45) is 0 Å². The van der Waals surface area contributed by atoms with Crippen LogP contribution in [0.4, 0.5) is 8.78 Å². The summed E-state index contributed by atoms with van der Waals surface area (Å²) in [6.45, 7) is 3.44. The molecule has 0 unspecified atom stereocenters. The van der Waals surface area contributed by atoms with Crippen LogP contribution >= 0.6 is 0 Å². The summed E-state index contributed by atoms with van der Waals surface area (Å²) in [5.74, 6) is -0.410. The summed E-state index contributed by atoms with van der Waals surface area (Å²) in [4.78, 5) is 0. The highest BCUT2D eigenvalue weighted by Crippen LogP contribution is 2.26. The van der Waals surface area contributed by atoms with Gasteiger partial charge in [0, 0.05) is 0 Å². The zero-order valence-electron chi connectivity index (χ0n) is 9.49. The quantitative estimate of drug-likeness (QED) is 0.719. The molecule has 0 amide bonds. The van der Waals surface area contributed by atoms with Gasteiger partial charge < -0.3 is 4.74 Å².